The van der Waals surface area contributed by atoms with Crippen LogP contribution in [-0.4, -0.2) is 49.5 Å². The first-order valence-electron chi connectivity index (χ1n) is 13.1. The monoisotopic (exact) mass is 593 g/mol. The molecule has 2 aromatic carbocycles. The SMILES string of the molecule is O=C(O)CN1C(=O)C2C3CC(C2C1=O)C1C3Sc2[nH]c(=O)sc2[C@@H]1c1cc([N+](=O)[O-])ccc1OCc1ccccc1. The normalized spacial score (nSPS) is 29.3. The van der Waals surface area contributed by atoms with E-state index in [1.165, 1.54) is 23.9 Å². The molecule has 2 amide bonds. The van der Waals surface area contributed by atoms with Crippen LogP contribution in [-0.2, 0) is 21.0 Å². The molecule has 0 spiro atoms. The lowest BCUT2D eigenvalue weighted by molar-refractivity contribution is -0.385. The molecule has 2 aliphatic heterocycles. The molecule has 3 fully saturated rings. The summed E-state index contributed by atoms with van der Waals surface area (Å²) in [4.78, 5) is 66.3. The molecule has 2 bridgehead atoms. The van der Waals surface area contributed by atoms with E-state index >= 15 is 0 Å². The van der Waals surface area contributed by atoms with Crippen molar-refractivity contribution in [2.75, 3.05) is 6.54 Å². The van der Waals surface area contributed by atoms with Crippen LogP contribution in [0.3, 0.4) is 0 Å². The first-order valence-corrected chi connectivity index (χ1v) is 14.8. The number of non-ortho nitro benzene ring substituents is 1. The second kappa shape index (κ2) is 9.55. The molecule has 3 heterocycles. The number of hydrogen-bond acceptors (Lipinski definition) is 9. The number of ether oxygens (including phenoxy) is 1. The molecular formula is C28H23N3O8S2. The fourth-order valence-corrected chi connectivity index (χ4v) is 10.4. The molecule has 11 nitrogen and oxygen atoms in total. The summed E-state index contributed by atoms with van der Waals surface area (Å²) in [7, 11) is 0. The Balaban J connectivity index is 1.33. The van der Waals surface area contributed by atoms with Crippen LogP contribution in [0.25, 0.3) is 0 Å². The largest absolute Gasteiger partial charge is 0.489 e. The van der Waals surface area contributed by atoms with Gasteiger partial charge < -0.3 is 14.8 Å². The number of fused-ring (bicyclic) bond motifs is 9. The van der Waals surface area contributed by atoms with Crippen LogP contribution in [0.1, 0.15) is 28.3 Å². The molecule has 6 unspecified atom stereocenters. The van der Waals surface area contributed by atoms with Gasteiger partial charge in [-0.1, -0.05) is 41.7 Å². The van der Waals surface area contributed by atoms with Crippen LogP contribution < -0.4 is 9.61 Å². The van der Waals surface area contributed by atoms with Gasteiger partial charge in [-0.3, -0.25) is 34.2 Å². The Morgan fingerprint density at radius 1 is 1.10 bits per heavy atom. The van der Waals surface area contributed by atoms with E-state index in [1.807, 2.05) is 30.3 Å². The van der Waals surface area contributed by atoms with Gasteiger partial charge in [-0.2, -0.15) is 0 Å². The molecule has 2 N–H and O–H groups in total. The van der Waals surface area contributed by atoms with Crippen molar-refractivity contribution in [3.8, 4) is 5.75 Å². The third kappa shape index (κ3) is 4.01. The average Bonchev–Trinajstić information content (AvgIpc) is 3.68. The van der Waals surface area contributed by atoms with Crippen molar-refractivity contribution in [1.82, 2.24) is 9.88 Å². The van der Waals surface area contributed by atoms with Crippen LogP contribution in [0.2, 0.25) is 0 Å². The van der Waals surface area contributed by atoms with Gasteiger partial charge in [0.2, 0.25) is 11.8 Å². The Labute approximate surface area is 240 Å². The maximum absolute atomic E-state index is 13.4. The predicted molar refractivity (Wildman–Crippen MR) is 147 cm³/mol. The van der Waals surface area contributed by atoms with Gasteiger partial charge >= 0.3 is 10.8 Å². The third-order valence-corrected chi connectivity index (χ3v) is 11.5. The van der Waals surface area contributed by atoms with Crippen LogP contribution in [0.4, 0.5) is 5.69 Å². The maximum Gasteiger partial charge on any atom is 0.323 e. The highest BCUT2D eigenvalue weighted by Crippen LogP contribution is 2.69. The lowest BCUT2D eigenvalue weighted by Gasteiger charge is -2.43. The lowest BCUT2D eigenvalue weighted by atomic mass is 9.68. The molecule has 1 saturated heterocycles. The highest BCUT2D eigenvalue weighted by molar-refractivity contribution is 8.00. The number of carboxylic acid groups (broad SMARTS) is 1. The van der Waals surface area contributed by atoms with Gasteiger partial charge in [0.15, 0.2) is 0 Å². The number of aliphatic carboxylic acids is 1. The van der Waals surface area contributed by atoms with Crippen molar-refractivity contribution >= 4 is 46.6 Å². The summed E-state index contributed by atoms with van der Waals surface area (Å²) < 4.78 is 6.24. The van der Waals surface area contributed by atoms with E-state index in [2.05, 4.69) is 4.98 Å². The number of likely N-dealkylation sites (tertiary alicyclic amines) is 1. The summed E-state index contributed by atoms with van der Waals surface area (Å²) in [6.45, 7) is -0.440. The van der Waals surface area contributed by atoms with Crippen LogP contribution in [0.5, 0.6) is 5.75 Å². The zero-order valence-electron chi connectivity index (χ0n) is 21.3. The summed E-state index contributed by atoms with van der Waals surface area (Å²) in [6, 6.07) is 14.0. The van der Waals surface area contributed by atoms with Gasteiger partial charge in [-0.15, -0.1) is 11.8 Å². The molecule has 13 heteroatoms. The second-order valence-electron chi connectivity index (χ2n) is 10.9. The van der Waals surface area contributed by atoms with Gasteiger partial charge in [-0.05, 0) is 35.8 Å². The number of carbonyl (C=O) groups excluding carboxylic acids is 2. The number of imide groups is 1. The fourth-order valence-electron chi connectivity index (χ4n) is 7.48. The fraction of sp³-hybridized carbons (Fsp3) is 0.357. The van der Waals surface area contributed by atoms with E-state index in [-0.39, 0.29) is 40.2 Å². The van der Waals surface area contributed by atoms with E-state index in [0.29, 0.717) is 22.8 Å². The molecule has 4 aliphatic rings. The summed E-state index contributed by atoms with van der Waals surface area (Å²) in [5, 5.41) is 21.7. The Kier molecular flexibility index (Phi) is 6.05. The molecule has 0 radical (unpaired) electrons. The summed E-state index contributed by atoms with van der Waals surface area (Å²) in [6.07, 6.45) is 0.612. The second-order valence-corrected chi connectivity index (χ2v) is 13.1. The number of H-pyrrole nitrogens is 1. The van der Waals surface area contributed by atoms with Crippen molar-refractivity contribution in [2.24, 2.45) is 29.6 Å². The van der Waals surface area contributed by atoms with Gasteiger partial charge in [-0.25, -0.2) is 0 Å². The molecular weight excluding hydrogens is 570 g/mol. The number of amides is 2. The topological polar surface area (TPSA) is 160 Å². The zero-order valence-corrected chi connectivity index (χ0v) is 22.9. The number of benzene rings is 2. The standard InChI is InChI=1S/C28H23N3O8S2/c32-18(33)10-30-26(34)21-15-9-16(22(21)27(30)35)23-20(15)19(24-25(40-23)29-28(36)41-24)14-8-13(31(37)38)6-7-17(14)39-11-12-4-2-1-3-5-12/h1-8,15-16,19-23H,9-11H2,(H,29,36)(H,32,33)/t15?,16?,19-,20?,21?,22?,23?/m1/s1. The number of thiazole rings is 1. The molecule has 1 aromatic heterocycles. The smallest absolute Gasteiger partial charge is 0.323 e. The number of aromatic amines is 1. The molecule has 7 atom stereocenters. The highest BCUT2D eigenvalue weighted by Gasteiger charge is 2.69. The number of carbonyl (C=O) groups is 3. The van der Waals surface area contributed by atoms with Gasteiger partial charge in [0, 0.05) is 33.7 Å². The van der Waals surface area contributed by atoms with Crippen LogP contribution in [0, 0.1) is 39.7 Å². The van der Waals surface area contributed by atoms with Crippen molar-refractivity contribution in [3.05, 3.63) is 84.3 Å². The molecule has 2 aliphatic carbocycles. The molecule has 7 rings (SSSR count). The lowest BCUT2D eigenvalue weighted by Crippen LogP contribution is -2.42. The minimum atomic E-state index is -1.25. The summed E-state index contributed by atoms with van der Waals surface area (Å²) >= 11 is 2.53. The number of hydrogen-bond donors (Lipinski definition) is 2. The number of nitrogens with one attached hydrogen (secondary N) is 1. The van der Waals surface area contributed by atoms with E-state index in [4.69, 9.17) is 4.74 Å². The quantitative estimate of drug-likeness (QED) is 0.237. The Morgan fingerprint density at radius 2 is 1.83 bits per heavy atom. The van der Waals surface area contributed by atoms with Crippen LogP contribution >= 0.6 is 23.1 Å². The molecule has 2 saturated carbocycles. The number of carboxylic acids is 1. The van der Waals surface area contributed by atoms with E-state index in [1.54, 1.807) is 6.07 Å². The number of nitro groups is 1. The van der Waals surface area contributed by atoms with Crippen molar-refractivity contribution < 1.29 is 29.2 Å². The molecule has 3 aromatic rings. The Hall–Kier alpha value is -3.97. The predicted octanol–water partition coefficient (Wildman–Crippen LogP) is 3.48. The summed E-state index contributed by atoms with van der Waals surface area (Å²) in [5.74, 6) is -4.13. The molecule has 41 heavy (non-hydrogen) atoms. The average molecular weight is 594 g/mol. The molecule has 210 valence electrons. The summed E-state index contributed by atoms with van der Waals surface area (Å²) in [5.41, 5.74) is 1.36. The van der Waals surface area contributed by atoms with Crippen molar-refractivity contribution in [3.63, 3.8) is 0 Å². The van der Waals surface area contributed by atoms with E-state index in [0.717, 1.165) is 26.7 Å². The number of nitrogens with zero attached hydrogens (tertiary/aromatic N) is 2. The Morgan fingerprint density at radius 3 is 2.54 bits per heavy atom. The van der Waals surface area contributed by atoms with Gasteiger partial charge in [0.25, 0.3) is 5.69 Å². The maximum atomic E-state index is 13.4. The minimum Gasteiger partial charge on any atom is -0.489 e. The van der Waals surface area contributed by atoms with Crippen molar-refractivity contribution in [2.45, 2.75) is 29.2 Å². The van der Waals surface area contributed by atoms with Crippen LogP contribution in [0.15, 0.2) is 58.4 Å². The van der Waals surface area contributed by atoms with Gasteiger partial charge in [0.1, 0.15) is 18.9 Å². The number of aromatic nitrogens is 1. The van der Waals surface area contributed by atoms with Gasteiger partial charge in [0.05, 0.1) is 21.8 Å². The number of nitro benzene ring substituents is 1. The third-order valence-electron chi connectivity index (χ3n) is 8.88. The Bertz CT molecular complexity index is 1670. The highest BCUT2D eigenvalue weighted by atomic mass is 32.2. The first kappa shape index (κ1) is 26.0. The number of rotatable bonds is 7. The minimum absolute atomic E-state index is 0.118. The van der Waals surface area contributed by atoms with E-state index < -0.39 is 47.0 Å². The van der Waals surface area contributed by atoms with Crippen molar-refractivity contribution in [1.29, 1.82) is 0 Å². The zero-order chi connectivity index (χ0) is 28.6. The number of thioether (sulfide) groups is 1. The first-order chi connectivity index (χ1) is 19.7. The van der Waals surface area contributed by atoms with E-state index in [9.17, 15) is 34.4 Å².